The van der Waals surface area contributed by atoms with Crippen LogP contribution in [0.3, 0.4) is 0 Å². The van der Waals surface area contributed by atoms with Crippen molar-refractivity contribution in [3.05, 3.63) is 23.8 Å². The van der Waals surface area contributed by atoms with Gasteiger partial charge in [0, 0.05) is 12.0 Å². The van der Waals surface area contributed by atoms with E-state index in [2.05, 4.69) is 31.8 Å². The van der Waals surface area contributed by atoms with Crippen LogP contribution in [0.1, 0.15) is 26.3 Å². The Balaban J connectivity index is 1.97. The first-order valence-corrected chi connectivity index (χ1v) is 6.66. The molecule has 0 aromatic heterocycles. The van der Waals surface area contributed by atoms with Crippen LogP contribution in [0.15, 0.2) is 23.2 Å². The third-order valence-electron chi connectivity index (χ3n) is 3.06. The van der Waals surface area contributed by atoms with Crippen LogP contribution in [0.4, 0.5) is 0 Å². The Morgan fingerprint density at radius 1 is 1.21 bits per heavy atom. The maximum atomic E-state index is 5.93. The van der Waals surface area contributed by atoms with Gasteiger partial charge < -0.3 is 15.2 Å². The summed E-state index contributed by atoms with van der Waals surface area (Å²) < 4.78 is 11.1. The number of amidine groups is 1. The largest absolute Gasteiger partial charge is 0.486 e. The predicted octanol–water partition coefficient (Wildman–Crippen LogP) is 2.40. The molecule has 0 bridgehead atoms. The number of hydrogen-bond donors (Lipinski definition) is 1. The average Bonchev–Trinajstić information content (AvgIpc) is 2.37. The minimum atomic E-state index is -0.0627. The molecule has 0 spiro atoms. The molecule has 0 atom stereocenters. The van der Waals surface area contributed by atoms with E-state index in [0.717, 1.165) is 17.9 Å². The topological polar surface area (TPSA) is 56.8 Å². The molecule has 4 heteroatoms. The van der Waals surface area contributed by atoms with Gasteiger partial charge in [0.2, 0.25) is 0 Å². The lowest BCUT2D eigenvalue weighted by Gasteiger charge is -2.19. The summed E-state index contributed by atoms with van der Waals surface area (Å²) in [5, 5.41) is 0. The molecule has 0 fully saturated rings. The average molecular weight is 262 g/mol. The van der Waals surface area contributed by atoms with Crippen molar-refractivity contribution in [3.63, 3.8) is 0 Å². The van der Waals surface area contributed by atoms with Gasteiger partial charge in [-0.1, -0.05) is 26.8 Å². The Morgan fingerprint density at radius 3 is 2.58 bits per heavy atom. The second-order valence-corrected chi connectivity index (χ2v) is 5.74. The fourth-order valence-electron chi connectivity index (χ4n) is 1.79. The van der Waals surface area contributed by atoms with Gasteiger partial charge in [0.1, 0.15) is 13.2 Å². The van der Waals surface area contributed by atoms with Crippen molar-refractivity contribution in [2.75, 3.05) is 19.8 Å². The standard InChI is InChI=1S/C15H22N2O2/c1-15(2,3)14(16)17-7-6-11-4-5-12-13(10-11)19-9-8-18-12/h4-5,10H,6-9H2,1-3H3,(H2,16,17). The summed E-state index contributed by atoms with van der Waals surface area (Å²) in [6, 6.07) is 6.04. The van der Waals surface area contributed by atoms with Crippen LogP contribution in [-0.4, -0.2) is 25.6 Å². The molecule has 1 aromatic rings. The van der Waals surface area contributed by atoms with Gasteiger partial charge in [-0.2, -0.15) is 0 Å². The van der Waals surface area contributed by atoms with Crippen molar-refractivity contribution in [2.24, 2.45) is 16.1 Å². The van der Waals surface area contributed by atoms with E-state index in [9.17, 15) is 0 Å². The van der Waals surface area contributed by atoms with Gasteiger partial charge in [-0.3, -0.25) is 4.99 Å². The monoisotopic (exact) mass is 262 g/mol. The highest BCUT2D eigenvalue weighted by Gasteiger charge is 2.15. The Hall–Kier alpha value is -1.71. The minimum absolute atomic E-state index is 0.0627. The molecule has 0 radical (unpaired) electrons. The number of nitrogens with zero attached hydrogens (tertiary/aromatic N) is 1. The van der Waals surface area contributed by atoms with Gasteiger partial charge in [0.15, 0.2) is 11.5 Å². The summed E-state index contributed by atoms with van der Waals surface area (Å²) in [7, 11) is 0. The molecule has 19 heavy (non-hydrogen) atoms. The number of rotatable bonds is 3. The van der Waals surface area contributed by atoms with E-state index >= 15 is 0 Å². The molecule has 1 aliphatic heterocycles. The third kappa shape index (κ3) is 3.63. The summed E-state index contributed by atoms with van der Waals surface area (Å²) in [6.45, 7) is 8.13. The fraction of sp³-hybridized carbons (Fsp3) is 0.533. The van der Waals surface area contributed by atoms with Crippen LogP contribution in [0, 0.1) is 5.41 Å². The first-order valence-electron chi connectivity index (χ1n) is 6.66. The molecule has 0 unspecified atom stereocenters. The number of benzene rings is 1. The Kier molecular flexibility index (Phi) is 3.98. The van der Waals surface area contributed by atoms with Crippen molar-refractivity contribution < 1.29 is 9.47 Å². The van der Waals surface area contributed by atoms with E-state index in [1.165, 1.54) is 5.56 Å². The molecule has 1 aliphatic rings. The highest BCUT2D eigenvalue weighted by atomic mass is 16.6. The van der Waals surface area contributed by atoms with Crippen molar-refractivity contribution >= 4 is 5.84 Å². The maximum Gasteiger partial charge on any atom is 0.161 e. The molecule has 0 aliphatic carbocycles. The van der Waals surface area contributed by atoms with E-state index in [1.807, 2.05) is 12.1 Å². The summed E-state index contributed by atoms with van der Waals surface area (Å²) >= 11 is 0. The zero-order valence-corrected chi connectivity index (χ0v) is 11.9. The number of nitrogens with two attached hydrogens (primary N) is 1. The number of fused-ring (bicyclic) bond motifs is 1. The maximum absolute atomic E-state index is 5.93. The van der Waals surface area contributed by atoms with E-state index in [-0.39, 0.29) is 5.41 Å². The lowest BCUT2D eigenvalue weighted by atomic mass is 9.95. The lowest BCUT2D eigenvalue weighted by molar-refractivity contribution is 0.171. The molecule has 0 amide bonds. The Bertz CT molecular complexity index is 476. The summed E-state index contributed by atoms with van der Waals surface area (Å²) in [5.41, 5.74) is 7.06. The summed E-state index contributed by atoms with van der Waals surface area (Å²) in [4.78, 5) is 4.43. The van der Waals surface area contributed by atoms with Crippen molar-refractivity contribution in [1.82, 2.24) is 0 Å². The van der Waals surface area contributed by atoms with Crippen LogP contribution in [0.25, 0.3) is 0 Å². The smallest absolute Gasteiger partial charge is 0.161 e. The quantitative estimate of drug-likeness (QED) is 0.672. The van der Waals surface area contributed by atoms with Crippen molar-refractivity contribution in [2.45, 2.75) is 27.2 Å². The van der Waals surface area contributed by atoms with Crippen molar-refractivity contribution in [1.29, 1.82) is 0 Å². The number of ether oxygens (including phenoxy) is 2. The van der Waals surface area contributed by atoms with E-state index in [1.54, 1.807) is 0 Å². The molecule has 4 nitrogen and oxygen atoms in total. The summed E-state index contributed by atoms with van der Waals surface area (Å²) in [6.07, 6.45) is 0.855. The first kappa shape index (κ1) is 13.7. The van der Waals surface area contributed by atoms with E-state index in [0.29, 0.717) is 25.6 Å². The van der Waals surface area contributed by atoms with Crippen LogP contribution >= 0.6 is 0 Å². The van der Waals surface area contributed by atoms with E-state index < -0.39 is 0 Å². The van der Waals surface area contributed by atoms with Gasteiger partial charge >= 0.3 is 0 Å². The third-order valence-corrected chi connectivity index (χ3v) is 3.06. The second-order valence-electron chi connectivity index (χ2n) is 5.74. The SMILES string of the molecule is CC(C)(C)C(N)=NCCc1ccc2c(c1)OCCO2. The number of hydrogen-bond acceptors (Lipinski definition) is 3. The summed E-state index contributed by atoms with van der Waals surface area (Å²) in [5.74, 6) is 2.36. The lowest BCUT2D eigenvalue weighted by Crippen LogP contribution is -2.29. The van der Waals surface area contributed by atoms with Crippen LogP contribution in [0.2, 0.25) is 0 Å². The van der Waals surface area contributed by atoms with Gasteiger partial charge in [0.25, 0.3) is 0 Å². The first-order chi connectivity index (χ1) is 8.97. The molecule has 0 saturated heterocycles. The van der Waals surface area contributed by atoms with Crippen LogP contribution in [0.5, 0.6) is 11.5 Å². The van der Waals surface area contributed by atoms with Gasteiger partial charge in [-0.05, 0) is 24.1 Å². The molecule has 2 rings (SSSR count). The zero-order chi connectivity index (χ0) is 13.9. The van der Waals surface area contributed by atoms with E-state index in [4.69, 9.17) is 15.2 Å². The zero-order valence-electron chi connectivity index (χ0n) is 11.9. The minimum Gasteiger partial charge on any atom is -0.486 e. The molecule has 0 saturated carbocycles. The highest BCUT2D eigenvalue weighted by Crippen LogP contribution is 2.30. The fourth-order valence-corrected chi connectivity index (χ4v) is 1.79. The van der Waals surface area contributed by atoms with Gasteiger partial charge in [0.05, 0.1) is 5.84 Å². The highest BCUT2D eigenvalue weighted by molar-refractivity contribution is 5.85. The number of aliphatic imine (C=N–C) groups is 1. The molecule has 2 N–H and O–H groups in total. The van der Waals surface area contributed by atoms with Crippen LogP contribution in [-0.2, 0) is 6.42 Å². The molecular formula is C15H22N2O2. The Morgan fingerprint density at radius 2 is 1.89 bits per heavy atom. The van der Waals surface area contributed by atoms with Gasteiger partial charge in [-0.25, -0.2) is 0 Å². The van der Waals surface area contributed by atoms with Crippen molar-refractivity contribution in [3.8, 4) is 11.5 Å². The van der Waals surface area contributed by atoms with Gasteiger partial charge in [-0.15, -0.1) is 0 Å². The molecule has 1 heterocycles. The predicted molar refractivity (Wildman–Crippen MR) is 77.1 cm³/mol. The molecule has 104 valence electrons. The molecule has 1 aromatic carbocycles. The Labute approximate surface area is 114 Å². The van der Waals surface area contributed by atoms with Crippen LogP contribution < -0.4 is 15.2 Å². The second kappa shape index (κ2) is 5.51. The normalized spacial score (nSPS) is 15.4. The molecular weight excluding hydrogens is 240 g/mol.